The molecule has 3 heterocycles. The monoisotopic (exact) mass is 460 g/mol. The van der Waals surface area contributed by atoms with Crippen molar-refractivity contribution >= 4 is 33.3 Å². The minimum atomic E-state index is 0.285. The lowest BCUT2D eigenvalue weighted by Gasteiger charge is -2.39. The van der Waals surface area contributed by atoms with E-state index in [1.54, 1.807) is 0 Å². The smallest absolute Gasteiger partial charge is 0.225 e. The van der Waals surface area contributed by atoms with Gasteiger partial charge in [0.05, 0.1) is 5.39 Å². The van der Waals surface area contributed by atoms with E-state index >= 15 is 0 Å². The Bertz CT molecular complexity index is 1150. The zero-order valence-corrected chi connectivity index (χ0v) is 20.1. The fourth-order valence-electron chi connectivity index (χ4n) is 5.50. The SMILES string of the molecule is O=C(C1CCC1)N1CCN(c2nc(Cc3ccccc3)nc3sc4c(c23)CCCCC4)CC1. The molecular weight excluding hydrogens is 428 g/mol. The van der Waals surface area contributed by atoms with Crippen LogP contribution in [0.1, 0.15) is 60.4 Å². The van der Waals surface area contributed by atoms with Gasteiger partial charge < -0.3 is 9.80 Å². The second-order valence-electron chi connectivity index (χ2n) is 9.81. The van der Waals surface area contributed by atoms with E-state index < -0.39 is 0 Å². The van der Waals surface area contributed by atoms with Gasteiger partial charge in [0.2, 0.25) is 5.91 Å². The van der Waals surface area contributed by atoms with E-state index in [2.05, 4.69) is 40.1 Å². The third-order valence-corrected chi connectivity index (χ3v) is 8.83. The predicted octanol–water partition coefficient (Wildman–Crippen LogP) is 5.00. The number of nitrogens with zero attached hydrogens (tertiary/aromatic N) is 4. The summed E-state index contributed by atoms with van der Waals surface area (Å²) in [5.74, 6) is 2.68. The molecule has 5 nitrogen and oxygen atoms in total. The maximum absolute atomic E-state index is 12.8. The number of carbonyl (C=O) groups is 1. The standard InChI is InChI=1S/C27H32N4OS/c32-27(20-10-7-11-20)31-16-14-30(15-17-31)25-24-21-12-5-2-6-13-22(21)33-26(24)29-23(28-25)18-19-8-3-1-4-9-19/h1,3-4,8-9,20H,2,5-7,10-18H2. The Hall–Kier alpha value is -2.47. The van der Waals surface area contributed by atoms with E-state index in [0.29, 0.717) is 5.91 Å². The third kappa shape index (κ3) is 4.14. The number of amides is 1. The number of fused-ring (bicyclic) bond motifs is 3. The zero-order valence-electron chi connectivity index (χ0n) is 19.3. The molecule has 2 aliphatic carbocycles. The van der Waals surface area contributed by atoms with Crippen LogP contribution in [0.2, 0.25) is 0 Å². The van der Waals surface area contributed by atoms with E-state index in [1.807, 2.05) is 11.3 Å². The molecule has 2 fully saturated rings. The van der Waals surface area contributed by atoms with Crippen LogP contribution in [0.5, 0.6) is 0 Å². The number of benzene rings is 1. The first kappa shape index (κ1) is 21.1. The van der Waals surface area contributed by atoms with Crippen LogP contribution in [0, 0.1) is 5.92 Å². The summed E-state index contributed by atoms with van der Waals surface area (Å²) in [7, 11) is 0. The van der Waals surface area contributed by atoms with Crippen LogP contribution in [0.3, 0.4) is 0 Å². The van der Waals surface area contributed by atoms with Crippen LogP contribution in [0.4, 0.5) is 5.82 Å². The summed E-state index contributed by atoms with van der Waals surface area (Å²) in [4.78, 5) is 30.2. The average Bonchev–Trinajstić information content (AvgIpc) is 2.99. The van der Waals surface area contributed by atoms with Gasteiger partial charge in [0.1, 0.15) is 16.5 Å². The van der Waals surface area contributed by atoms with E-state index in [4.69, 9.17) is 9.97 Å². The molecule has 0 radical (unpaired) electrons. The molecule has 6 heteroatoms. The van der Waals surface area contributed by atoms with E-state index in [9.17, 15) is 4.79 Å². The Morgan fingerprint density at radius 2 is 1.73 bits per heavy atom. The highest BCUT2D eigenvalue weighted by Crippen LogP contribution is 2.40. The number of carbonyl (C=O) groups excluding carboxylic acids is 1. The van der Waals surface area contributed by atoms with Crippen molar-refractivity contribution in [1.29, 1.82) is 0 Å². The molecule has 3 aromatic rings. The normalized spacial score (nSPS) is 19.3. The Kier molecular flexibility index (Phi) is 5.78. The minimum absolute atomic E-state index is 0.285. The number of rotatable bonds is 4. The van der Waals surface area contributed by atoms with Crippen LogP contribution in [-0.2, 0) is 24.1 Å². The molecule has 3 aliphatic rings. The quantitative estimate of drug-likeness (QED) is 0.514. The van der Waals surface area contributed by atoms with Gasteiger partial charge in [0.25, 0.3) is 0 Å². The largest absolute Gasteiger partial charge is 0.352 e. The summed E-state index contributed by atoms with van der Waals surface area (Å²) in [5, 5.41) is 1.30. The van der Waals surface area contributed by atoms with Crippen molar-refractivity contribution in [2.45, 2.75) is 57.8 Å². The molecule has 1 aromatic carbocycles. The lowest BCUT2D eigenvalue weighted by atomic mass is 9.84. The van der Waals surface area contributed by atoms with E-state index in [-0.39, 0.29) is 5.92 Å². The van der Waals surface area contributed by atoms with Gasteiger partial charge >= 0.3 is 0 Å². The van der Waals surface area contributed by atoms with Crippen molar-refractivity contribution < 1.29 is 4.79 Å². The van der Waals surface area contributed by atoms with Gasteiger partial charge in [-0.2, -0.15) is 0 Å². The maximum atomic E-state index is 12.8. The fourth-order valence-corrected chi connectivity index (χ4v) is 6.77. The van der Waals surface area contributed by atoms with Gasteiger partial charge in [-0.15, -0.1) is 11.3 Å². The average molecular weight is 461 g/mol. The number of piperazine rings is 1. The lowest BCUT2D eigenvalue weighted by Crippen LogP contribution is -2.51. The maximum Gasteiger partial charge on any atom is 0.225 e. The summed E-state index contributed by atoms with van der Waals surface area (Å²) in [6, 6.07) is 10.5. The molecule has 1 saturated carbocycles. The van der Waals surface area contributed by atoms with Crippen molar-refractivity contribution in [3.8, 4) is 0 Å². The van der Waals surface area contributed by atoms with Crippen molar-refractivity contribution in [2.24, 2.45) is 5.92 Å². The molecule has 6 rings (SSSR count). The number of anilines is 1. The zero-order chi connectivity index (χ0) is 22.2. The van der Waals surface area contributed by atoms with Crippen LogP contribution in [0.15, 0.2) is 30.3 Å². The van der Waals surface area contributed by atoms with Crippen LogP contribution in [-0.4, -0.2) is 47.0 Å². The number of thiophene rings is 1. The highest BCUT2D eigenvalue weighted by molar-refractivity contribution is 7.19. The molecule has 0 atom stereocenters. The molecule has 172 valence electrons. The van der Waals surface area contributed by atoms with Gasteiger partial charge in [0.15, 0.2) is 0 Å². The highest BCUT2D eigenvalue weighted by Gasteiger charge is 2.32. The Labute approximate surface area is 199 Å². The van der Waals surface area contributed by atoms with Crippen LogP contribution >= 0.6 is 11.3 Å². The van der Waals surface area contributed by atoms with Gasteiger partial charge in [-0.05, 0) is 49.7 Å². The summed E-state index contributed by atoms with van der Waals surface area (Å²) < 4.78 is 0. The fraction of sp³-hybridized carbons (Fsp3) is 0.519. The molecule has 33 heavy (non-hydrogen) atoms. The van der Waals surface area contributed by atoms with Crippen LogP contribution in [0.25, 0.3) is 10.2 Å². The third-order valence-electron chi connectivity index (χ3n) is 7.64. The number of hydrogen-bond donors (Lipinski definition) is 0. The van der Waals surface area contributed by atoms with Crippen molar-refractivity contribution in [1.82, 2.24) is 14.9 Å². The molecule has 0 unspecified atom stereocenters. The molecule has 0 bridgehead atoms. The van der Waals surface area contributed by atoms with E-state index in [0.717, 1.165) is 68.3 Å². The van der Waals surface area contributed by atoms with Gasteiger partial charge in [-0.1, -0.05) is 43.2 Å². The van der Waals surface area contributed by atoms with E-state index in [1.165, 1.54) is 53.5 Å². The number of aryl methyl sites for hydroxylation is 2. The number of hydrogen-bond acceptors (Lipinski definition) is 5. The van der Waals surface area contributed by atoms with Crippen LogP contribution < -0.4 is 4.90 Å². The first-order valence-electron chi connectivity index (χ1n) is 12.6. The Balaban J connectivity index is 1.33. The number of aromatic nitrogens is 2. The van der Waals surface area contributed by atoms with Crippen molar-refractivity contribution in [3.63, 3.8) is 0 Å². The second-order valence-corrected chi connectivity index (χ2v) is 10.9. The Morgan fingerprint density at radius 3 is 2.48 bits per heavy atom. The summed E-state index contributed by atoms with van der Waals surface area (Å²) in [6.07, 6.45) is 10.3. The molecule has 2 aromatic heterocycles. The van der Waals surface area contributed by atoms with Gasteiger partial charge in [0, 0.05) is 43.4 Å². The van der Waals surface area contributed by atoms with Crippen molar-refractivity contribution in [2.75, 3.05) is 31.1 Å². The molecule has 0 spiro atoms. The summed E-state index contributed by atoms with van der Waals surface area (Å²) in [6.45, 7) is 3.34. The second kappa shape index (κ2) is 9.05. The Morgan fingerprint density at radius 1 is 0.939 bits per heavy atom. The summed E-state index contributed by atoms with van der Waals surface area (Å²) >= 11 is 1.89. The van der Waals surface area contributed by atoms with Gasteiger partial charge in [-0.25, -0.2) is 9.97 Å². The minimum Gasteiger partial charge on any atom is -0.352 e. The lowest BCUT2D eigenvalue weighted by molar-refractivity contribution is -0.138. The molecule has 1 amide bonds. The van der Waals surface area contributed by atoms with Gasteiger partial charge in [-0.3, -0.25) is 4.79 Å². The topological polar surface area (TPSA) is 49.3 Å². The molecule has 1 saturated heterocycles. The predicted molar refractivity (Wildman–Crippen MR) is 134 cm³/mol. The first-order valence-corrected chi connectivity index (χ1v) is 13.5. The first-order chi connectivity index (χ1) is 16.3. The van der Waals surface area contributed by atoms with Crippen molar-refractivity contribution in [3.05, 3.63) is 52.2 Å². The molecular formula is C27H32N4OS. The summed E-state index contributed by atoms with van der Waals surface area (Å²) in [5.41, 5.74) is 2.75. The highest BCUT2D eigenvalue weighted by atomic mass is 32.1. The molecule has 1 aliphatic heterocycles. The molecule has 0 N–H and O–H groups in total.